The van der Waals surface area contributed by atoms with Gasteiger partial charge in [-0.25, -0.2) is 0 Å². The maximum absolute atomic E-state index is 5.02. The second kappa shape index (κ2) is 9.22. The molecule has 0 amide bonds. The van der Waals surface area contributed by atoms with E-state index in [1.165, 1.54) is 18.4 Å². The van der Waals surface area contributed by atoms with Crippen LogP contribution in [0.3, 0.4) is 0 Å². The van der Waals surface area contributed by atoms with Crippen molar-refractivity contribution in [2.45, 2.75) is 26.2 Å². The summed E-state index contributed by atoms with van der Waals surface area (Å²) in [5, 5.41) is 0. The zero-order valence-corrected chi connectivity index (χ0v) is 11.0. The maximum atomic E-state index is 5.02. The largest absolute Gasteiger partial charge is 0.383 e. The Morgan fingerprint density at radius 3 is 2.56 bits per heavy atom. The average Bonchev–Trinajstić information content (AvgIpc) is 2.30. The lowest BCUT2D eigenvalue weighted by molar-refractivity contribution is 0.175. The minimum absolute atomic E-state index is 0.722. The lowest BCUT2D eigenvalue weighted by atomic mass is 10.1. The Morgan fingerprint density at radius 1 is 1.31 bits per heavy atom. The molecule has 0 saturated heterocycles. The molecular formula is C14H25NO. The summed E-state index contributed by atoms with van der Waals surface area (Å²) in [4.78, 5) is 2.08. The number of nitrogens with zero attached hydrogens (tertiary/aromatic N) is 1. The molecule has 0 unspecified atom stereocenters. The summed E-state index contributed by atoms with van der Waals surface area (Å²) >= 11 is 0. The van der Waals surface area contributed by atoms with Crippen molar-refractivity contribution < 1.29 is 4.74 Å². The molecular weight excluding hydrogens is 198 g/mol. The summed E-state index contributed by atoms with van der Waals surface area (Å²) in [6.07, 6.45) is 7.56. The third kappa shape index (κ3) is 7.30. The SMILES string of the molecule is C=C(/C=C\C(=C)N(C)CCOC)CCCC. The van der Waals surface area contributed by atoms with Gasteiger partial charge in [0.1, 0.15) is 0 Å². The van der Waals surface area contributed by atoms with Crippen molar-refractivity contribution in [1.82, 2.24) is 4.90 Å². The van der Waals surface area contributed by atoms with Crippen molar-refractivity contribution >= 4 is 0 Å². The van der Waals surface area contributed by atoms with Gasteiger partial charge in [0.25, 0.3) is 0 Å². The molecule has 2 heteroatoms. The molecule has 0 fully saturated rings. The number of likely N-dealkylation sites (N-methyl/N-ethyl adjacent to an activating group) is 1. The van der Waals surface area contributed by atoms with Gasteiger partial charge in [0.2, 0.25) is 0 Å². The first-order valence-electron chi connectivity index (χ1n) is 5.86. The van der Waals surface area contributed by atoms with Gasteiger partial charge in [-0.1, -0.05) is 38.2 Å². The lowest BCUT2D eigenvalue weighted by Crippen LogP contribution is -2.20. The van der Waals surface area contributed by atoms with Gasteiger partial charge in [-0.3, -0.25) is 0 Å². The summed E-state index contributed by atoms with van der Waals surface area (Å²) in [6.45, 7) is 11.8. The third-order valence-corrected chi connectivity index (χ3v) is 2.48. The molecule has 0 spiro atoms. The van der Waals surface area contributed by atoms with Crippen LogP contribution in [-0.4, -0.2) is 32.2 Å². The summed E-state index contributed by atoms with van der Waals surface area (Å²) in [5.74, 6) is 0. The van der Waals surface area contributed by atoms with E-state index in [1.807, 2.05) is 13.1 Å². The average molecular weight is 223 g/mol. The molecule has 0 heterocycles. The number of rotatable bonds is 9. The Balaban J connectivity index is 3.92. The Kier molecular flexibility index (Phi) is 8.64. The highest BCUT2D eigenvalue weighted by molar-refractivity contribution is 5.23. The highest BCUT2D eigenvalue weighted by Gasteiger charge is 1.97. The van der Waals surface area contributed by atoms with Crippen molar-refractivity contribution in [3.63, 3.8) is 0 Å². The molecule has 0 aliphatic carbocycles. The number of unbranched alkanes of at least 4 members (excludes halogenated alkanes) is 1. The third-order valence-electron chi connectivity index (χ3n) is 2.48. The van der Waals surface area contributed by atoms with Gasteiger partial charge in [-0.05, 0) is 18.9 Å². The maximum Gasteiger partial charge on any atom is 0.0637 e. The molecule has 0 aliphatic rings. The molecule has 0 aliphatic heterocycles. The van der Waals surface area contributed by atoms with E-state index in [1.54, 1.807) is 7.11 Å². The molecule has 0 radical (unpaired) electrons. The molecule has 0 aromatic carbocycles. The second-order valence-corrected chi connectivity index (χ2v) is 4.00. The number of hydrogen-bond donors (Lipinski definition) is 0. The van der Waals surface area contributed by atoms with Crippen LogP contribution in [0.5, 0.6) is 0 Å². The molecule has 0 N–H and O–H groups in total. The molecule has 92 valence electrons. The van der Waals surface area contributed by atoms with E-state index in [0.717, 1.165) is 25.3 Å². The molecule has 0 aromatic heterocycles. The van der Waals surface area contributed by atoms with Gasteiger partial charge < -0.3 is 9.64 Å². The van der Waals surface area contributed by atoms with Crippen LogP contribution in [0, 0.1) is 0 Å². The van der Waals surface area contributed by atoms with Crippen molar-refractivity contribution in [3.8, 4) is 0 Å². The zero-order valence-electron chi connectivity index (χ0n) is 11.0. The molecule has 0 aromatic rings. The van der Waals surface area contributed by atoms with E-state index in [9.17, 15) is 0 Å². The number of ether oxygens (including phenoxy) is 1. The van der Waals surface area contributed by atoms with E-state index >= 15 is 0 Å². The number of hydrogen-bond acceptors (Lipinski definition) is 2. The van der Waals surface area contributed by atoms with Gasteiger partial charge in [-0.15, -0.1) is 0 Å². The van der Waals surface area contributed by atoms with Crippen LogP contribution < -0.4 is 0 Å². The first-order valence-corrected chi connectivity index (χ1v) is 5.86. The van der Waals surface area contributed by atoms with Crippen molar-refractivity contribution in [2.75, 3.05) is 27.3 Å². The van der Waals surface area contributed by atoms with Crippen LogP contribution in [-0.2, 0) is 4.74 Å². The van der Waals surface area contributed by atoms with E-state index in [2.05, 4.69) is 31.1 Å². The fraction of sp³-hybridized carbons (Fsp3) is 0.571. The fourth-order valence-electron chi connectivity index (χ4n) is 1.20. The Hall–Kier alpha value is -1.02. The van der Waals surface area contributed by atoms with Gasteiger partial charge in [0.05, 0.1) is 6.61 Å². The Bertz CT molecular complexity index is 243. The van der Waals surface area contributed by atoms with E-state index in [4.69, 9.17) is 4.74 Å². The van der Waals surface area contributed by atoms with E-state index in [0.29, 0.717) is 0 Å². The van der Waals surface area contributed by atoms with Crippen LogP contribution in [0.25, 0.3) is 0 Å². The van der Waals surface area contributed by atoms with Crippen LogP contribution >= 0.6 is 0 Å². The first kappa shape index (κ1) is 15.0. The van der Waals surface area contributed by atoms with Crippen LogP contribution in [0.1, 0.15) is 26.2 Å². The van der Waals surface area contributed by atoms with Gasteiger partial charge in [-0.2, -0.15) is 0 Å². The van der Waals surface area contributed by atoms with E-state index < -0.39 is 0 Å². The molecule has 2 nitrogen and oxygen atoms in total. The predicted octanol–water partition coefficient (Wildman–Crippen LogP) is 3.38. The fourth-order valence-corrected chi connectivity index (χ4v) is 1.20. The molecule has 0 bridgehead atoms. The minimum atomic E-state index is 0.722. The summed E-state index contributed by atoms with van der Waals surface area (Å²) in [7, 11) is 3.72. The topological polar surface area (TPSA) is 12.5 Å². The number of allylic oxidation sites excluding steroid dienone is 3. The predicted molar refractivity (Wildman–Crippen MR) is 71.5 cm³/mol. The molecule has 0 atom stereocenters. The first-order chi connectivity index (χ1) is 7.61. The van der Waals surface area contributed by atoms with Crippen molar-refractivity contribution in [3.05, 3.63) is 36.6 Å². The quantitative estimate of drug-likeness (QED) is 0.556. The minimum Gasteiger partial charge on any atom is -0.383 e. The summed E-state index contributed by atoms with van der Waals surface area (Å²) < 4.78 is 5.02. The Labute approximate surface area is 100 Å². The van der Waals surface area contributed by atoms with Crippen LogP contribution in [0.4, 0.5) is 0 Å². The second-order valence-electron chi connectivity index (χ2n) is 4.00. The highest BCUT2D eigenvalue weighted by Crippen LogP contribution is 2.08. The monoisotopic (exact) mass is 223 g/mol. The van der Waals surface area contributed by atoms with Gasteiger partial charge >= 0.3 is 0 Å². The van der Waals surface area contributed by atoms with Gasteiger partial charge in [0.15, 0.2) is 0 Å². The standard InChI is InChI=1S/C14H25NO/c1-6-7-8-13(2)9-10-14(3)15(4)11-12-16-5/h9-10H,2-3,6-8,11-12H2,1,4-5H3/b10-9-. The molecule has 16 heavy (non-hydrogen) atoms. The summed E-state index contributed by atoms with van der Waals surface area (Å²) in [6, 6.07) is 0. The molecule has 0 rings (SSSR count). The Morgan fingerprint density at radius 2 is 2.00 bits per heavy atom. The van der Waals surface area contributed by atoms with Crippen molar-refractivity contribution in [2.24, 2.45) is 0 Å². The summed E-state index contributed by atoms with van der Waals surface area (Å²) in [5.41, 5.74) is 2.16. The normalized spacial score (nSPS) is 10.7. The van der Waals surface area contributed by atoms with Crippen molar-refractivity contribution in [1.29, 1.82) is 0 Å². The molecule has 0 saturated carbocycles. The highest BCUT2D eigenvalue weighted by atomic mass is 16.5. The van der Waals surface area contributed by atoms with Crippen LogP contribution in [0.2, 0.25) is 0 Å². The van der Waals surface area contributed by atoms with Gasteiger partial charge in [0, 0.05) is 26.4 Å². The number of methoxy groups -OCH3 is 1. The van der Waals surface area contributed by atoms with Crippen LogP contribution in [0.15, 0.2) is 36.6 Å². The van der Waals surface area contributed by atoms with E-state index in [-0.39, 0.29) is 0 Å². The smallest absolute Gasteiger partial charge is 0.0637 e. The zero-order chi connectivity index (χ0) is 12.4. The lowest BCUT2D eigenvalue weighted by Gasteiger charge is -2.18.